The molecule has 0 aliphatic carbocycles. The molecule has 0 saturated heterocycles. The Labute approximate surface area is 112 Å². The van der Waals surface area contributed by atoms with Crippen molar-refractivity contribution >= 4 is 21.6 Å². The largest absolute Gasteiger partial charge is 0.269 e. The minimum Gasteiger partial charge on any atom is -0.258 e. The fourth-order valence-electron chi connectivity index (χ4n) is 1.53. The molecule has 1 unspecified atom stereocenters. The number of benzene rings is 1. The van der Waals surface area contributed by atoms with Crippen LogP contribution < -0.4 is 0 Å². The Morgan fingerprint density at radius 2 is 2.00 bits per heavy atom. The van der Waals surface area contributed by atoms with E-state index in [1.54, 1.807) is 0 Å². The van der Waals surface area contributed by atoms with Gasteiger partial charge in [0.05, 0.1) is 4.92 Å². The summed E-state index contributed by atoms with van der Waals surface area (Å²) >= 11 is 3.43. The van der Waals surface area contributed by atoms with Gasteiger partial charge in [0.1, 0.15) is 0 Å². The third kappa shape index (κ3) is 3.73. The number of nitrogens with zero attached hydrogens (tertiary/aromatic N) is 1. The lowest BCUT2D eigenvalue weighted by Crippen LogP contribution is -2.12. The minimum atomic E-state index is -2.70. The first-order valence-electron chi connectivity index (χ1n) is 5.52. The number of nitro groups is 1. The first kappa shape index (κ1) is 15.0. The quantitative estimate of drug-likeness (QED) is 0.455. The zero-order valence-electron chi connectivity index (χ0n) is 10.1. The summed E-state index contributed by atoms with van der Waals surface area (Å²) in [4.78, 5) is 9.97. The van der Waals surface area contributed by atoms with E-state index in [1.165, 1.54) is 12.1 Å². The van der Waals surface area contributed by atoms with Crippen molar-refractivity contribution in [2.75, 3.05) is 0 Å². The zero-order valence-corrected chi connectivity index (χ0v) is 11.7. The van der Waals surface area contributed by atoms with Gasteiger partial charge in [0, 0.05) is 22.5 Å². The molecule has 0 aliphatic rings. The molecule has 0 bridgehead atoms. The van der Waals surface area contributed by atoms with Crippen molar-refractivity contribution in [2.45, 2.75) is 31.5 Å². The SMILES string of the molecule is CC(C)C(Br)Cc1ccc([N+](=O)[O-])cc1C(F)F. The van der Waals surface area contributed by atoms with E-state index in [1.807, 2.05) is 13.8 Å². The Kier molecular flexibility index (Phi) is 5.19. The summed E-state index contributed by atoms with van der Waals surface area (Å²) in [6.45, 7) is 3.96. The van der Waals surface area contributed by atoms with Crippen LogP contribution in [0.4, 0.5) is 14.5 Å². The van der Waals surface area contributed by atoms with E-state index < -0.39 is 11.3 Å². The summed E-state index contributed by atoms with van der Waals surface area (Å²) in [5, 5.41) is 10.6. The van der Waals surface area contributed by atoms with Crippen LogP contribution in [0.3, 0.4) is 0 Å². The van der Waals surface area contributed by atoms with Crippen molar-refractivity contribution in [3.05, 3.63) is 39.4 Å². The Balaban J connectivity index is 3.08. The maximum atomic E-state index is 12.9. The molecule has 0 spiro atoms. The summed E-state index contributed by atoms with van der Waals surface area (Å²) in [7, 11) is 0. The standard InChI is InChI=1S/C12H14BrF2NO2/c1-7(2)11(13)5-8-3-4-9(16(17)18)6-10(8)12(14)15/h3-4,6-7,11-12H,5H2,1-2H3. The number of hydrogen-bond acceptors (Lipinski definition) is 2. The average molecular weight is 322 g/mol. The highest BCUT2D eigenvalue weighted by molar-refractivity contribution is 9.09. The van der Waals surface area contributed by atoms with Gasteiger partial charge in [-0.3, -0.25) is 10.1 Å². The van der Waals surface area contributed by atoms with Crippen molar-refractivity contribution in [1.29, 1.82) is 0 Å². The normalized spacial score (nSPS) is 13.1. The fraction of sp³-hybridized carbons (Fsp3) is 0.500. The minimum absolute atomic E-state index is 0.0662. The number of rotatable bonds is 5. The molecule has 0 amide bonds. The Morgan fingerprint density at radius 3 is 2.44 bits per heavy atom. The van der Waals surface area contributed by atoms with Crippen molar-refractivity contribution in [3.8, 4) is 0 Å². The molecule has 100 valence electrons. The Hall–Kier alpha value is -1.04. The van der Waals surface area contributed by atoms with E-state index >= 15 is 0 Å². The van der Waals surface area contributed by atoms with Crippen LogP contribution in [0.15, 0.2) is 18.2 Å². The second-order valence-electron chi connectivity index (χ2n) is 4.41. The van der Waals surface area contributed by atoms with E-state index in [0.29, 0.717) is 17.9 Å². The van der Waals surface area contributed by atoms with Gasteiger partial charge >= 0.3 is 0 Å². The van der Waals surface area contributed by atoms with E-state index in [2.05, 4.69) is 15.9 Å². The van der Waals surface area contributed by atoms with E-state index in [0.717, 1.165) is 6.07 Å². The maximum absolute atomic E-state index is 12.9. The smallest absolute Gasteiger partial charge is 0.258 e. The van der Waals surface area contributed by atoms with E-state index in [-0.39, 0.29) is 16.1 Å². The van der Waals surface area contributed by atoms with Crippen molar-refractivity contribution in [3.63, 3.8) is 0 Å². The fourth-order valence-corrected chi connectivity index (χ4v) is 1.88. The molecule has 0 heterocycles. The van der Waals surface area contributed by atoms with Gasteiger partial charge in [-0.2, -0.15) is 0 Å². The summed E-state index contributed by atoms with van der Waals surface area (Å²) in [5.41, 5.74) is -0.106. The van der Waals surface area contributed by atoms with Crippen LogP contribution in [0.1, 0.15) is 31.4 Å². The Bertz CT molecular complexity index is 438. The molecule has 0 aliphatic heterocycles. The molecule has 0 fully saturated rings. The number of non-ortho nitro benzene ring substituents is 1. The maximum Gasteiger partial charge on any atom is 0.269 e. The zero-order chi connectivity index (χ0) is 13.9. The first-order chi connectivity index (χ1) is 8.32. The third-order valence-electron chi connectivity index (χ3n) is 2.71. The second-order valence-corrected chi connectivity index (χ2v) is 5.58. The summed E-state index contributed by atoms with van der Waals surface area (Å²) in [5.74, 6) is 0.297. The van der Waals surface area contributed by atoms with Gasteiger partial charge in [-0.1, -0.05) is 35.8 Å². The molecular formula is C12H14BrF2NO2. The Morgan fingerprint density at radius 1 is 1.39 bits per heavy atom. The van der Waals surface area contributed by atoms with Gasteiger partial charge in [0.2, 0.25) is 0 Å². The van der Waals surface area contributed by atoms with Gasteiger partial charge in [-0.05, 0) is 17.9 Å². The van der Waals surface area contributed by atoms with Gasteiger partial charge < -0.3 is 0 Å². The molecule has 3 nitrogen and oxygen atoms in total. The number of nitro benzene ring substituents is 1. The molecule has 1 aromatic carbocycles. The highest BCUT2D eigenvalue weighted by Gasteiger charge is 2.20. The number of halogens is 3. The predicted molar refractivity (Wildman–Crippen MR) is 69.3 cm³/mol. The number of alkyl halides is 3. The van der Waals surface area contributed by atoms with Crippen LogP contribution in [0, 0.1) is 16.0 Å². The van der Waals surface area contributed by atoms with Crippen molar-refractivity contribution < 1.29 is 13.7 Å². The van der Waals surface area contributed by atoms with Crippen LogP contribution in [0.5, 0.6) is 0 Å². The summed E-state index contributed by atoms with van der Waals surface area (Å²) in [6.07, 6.45) is -2.28. The van der Waals surface area contributed by atoms with E-state index in [9.17, 15) is 18.9 Å². The van der Waals surface area contributed by atoms with Crippen molar-refractivity contribution in [2.24, 2.45) is 5.92 Å². The highest BCUT2D eigenvalue weighted by Crippen LogP contribution is 2.30. The van der Waals surface area contributed by atoms with Crippen LogP contribution in [-0.2, 0) is 6.42 Å². The predicted octanol–water partition coefficient (Wildman–Crippen LogP) is 4.49. The van der Waals surface area contributed by atoms with Gasteiger partial charge in [-0.15, -0.1) is 0 Å². The molecule has 0 aromatic heterocycles. The van der Waals surface area contributed by atoms with Crippen molar-refractivity contribution in [1.82, 2.24) is 0 Å². The molecule has 1 rings (SSSR count). The molecule has 0 radical (unpaired) electrons. The molecule has 1 aromatic rings. The molecule has 1 atom stereocenters. The summed E-state index contributed by atoms with van der Waals surface area (Å²) < 4.78 is 25.8. The lowest BCUT2D eigenvalue weighted by molar-refractivity contribution is -0.385. The molecule has 0 N–H and O–H groups in total. The average Bonchev–Trinajstić information content (AvgIpc) is 2.28. The van der Waals surface area contributed by atoms with Gasteiger partial charge in [0.25, 0.3) is 12.1 Å². The third-order valence-corrected chi connectivity index (χ3v) is 4.09. The van der Waals surface area contributed by atoms with Crippen LogP contribution in [0.25, 0.3) is 0 Å². The second kappa shape index (κ2) is 6.22. The topological polar surface area (TPSA) is 43.1 Å². The lowest BCUT2D eigenvalue weighted by Gasteiger charge is -2.16. The summed E-state index contributed by atoms with van der Waals surface area (Å²) in [6, 6.07) is 3.64. The lowest BCUT2D eigenvalue weighted by atomic mass is 9.98. The molecule has 0 saturated carbocycles. The first-order valence-corrected chi connectivity index (χ1v) is 6.44. The van der Waals surface area contributed by atoms with Gasteiger partial charge in [0.15, 0.2) is 0 Å². The van der Waals surface area contributed by atoms with Crippen LogP contribution in [0.2, 0.25) is 0 Å². The molecule has 6 heteroatoms. The monoisotopic (exact) mass is 321 g/mol. The van der Waals surface area contributed by atoms with E-state index in [4.69, 9.17) is 0 Å². The number of hydrogen-bond donors (Lipinski definition) is 0. The van der Waals surface area contributed by atoms with Crippen LogP contribution in [-0.4, -0.2) is 9.75 Å². The molecular weight excluding hydrogens is 308 g/mol. The molecule has 18 heavy (non-hydrogen) atoms. The highest BCUT2D eigenvalue weighted by atomic mass is 79.9. The van der Waals surface area contributed by atoms with Crippen LogP contribution >= 0.6 is 15.9 Å². The van der Waals surface area contributed by atoms with Gasteiger partial charge in [-0.25, -0.2) is 8.78 Å².